The molecule has 0 aliphatic carbocycles. The number of benzene rings is 1. The van der Waals surface area contributed by atoms with Crippen LogP contribution in [0.2, 0.25) is 0 Å². The molecule has 0 radical (unpaired) electrons. The van der Waals surface area contributed by atoms with Crippen LogP contribution in [0, 0.1) is 0 Å². The molecule has 6 nitrogen and oxygen atoms in total. The smallest absolute Gasteiger partial charge is 0.269 e. The summed E-state index contributed by atoms with van der Waals surface area (Å²) in [6, 6.07) is 18.9. The van der Waals surface area contributed by atoms with Crippen molar-refractivity contribution in [1.29, 1.82) is 0 Å². The van der Waals surface area contributed by atoms with E-state index in [4.69, 9.17) is 4.42 Å². The van der Waals surface area contributed by atoms with Gasteiger partial charge in [0.25, 0.3) is 5.91 Å². The molecule has 4 aromatic rings. The molecule has 0 aliphatic rings. The normalized spacial score (nSPS) is 10.6. The molecular weight excluding hydrogens is 328 g/mol. The Labute approximate surface area is 149 Å². The van der Waals surface area contributed by atoms with E-state index in [-0.39, 0.29) is 5.91 Å². The highest BCUT2D eigenvalue weighted by Crippen LogP contribution is 2.18. The molecule has 0 fully saturated rings. The van der Waals surface area contributed by atoms with Crippen molar-refractivity contribution in [3.8, 4) is 22.7 Å². The number of nitrogens with one attached hydrogen (secondary N) is 2. The Hall–Kier alpha value is -3.67. The average molecular weight is 344 g/mol. The number of carbonyl (C=O) groups is 1. The zero-order chi connectivity index (χ0) is 17.8. The molecule has 26 heavy (non-hydrogen) atoms. The van der Waals surface area contributed by atoms with Gasteiger partial charge < -0.3 is 9.73 Å². The van der Waals surface area contributed by atoms with E-state index >= 15 is 0 Å². The number of carbonyl (C=O) groups excluding carboxylic acids is 1. The van der Waals surface area contributed by atoms with Crippen LogP contribution >= 0.6 is 0 Å². The third-order valence-electron chi connectivity index (χ3n) is 3.94. The molecular formula is C20H16N4O2. The minimum absolute atomic E-state index is 0.213. The van der Waals surface area contributed by atoms with Crippen molar-refractivity contribution in [3.63, 3.8) is 0 Å². The Morgan fingerprint density at radius 2 is 1.92 bits per heavy atom. The molecule has 0 saturated heterocycles. The summed E-state index contributed by atoms with van der Waals surface area (Å²) in [5.41, 5.74) is 3.77. The highest BCUT2D eigenvalue weighted by molar-refractivity contribution is 5.93. The van der Waals surface area contributed by atoms with Crippen LogP contribution < -0.4 is 5.32 Å². The van der Waals surface area contributed by atoms with Gasteiger partial charge >= 0.3 is 0 Å². The van der Waals surface area contributed by atoms with Gasteiger partial charge in [-0.05, 0) is 29.8 Å². The van der Waals surface area contributed by atoms with Gasteiger partial charge in [0.05, 0.1) is 12.0 Å². The van der Waals surface area contributed by atoms with Crippen LogP contribution in [-0.2, 0) is 6.54 Å². The van der Waals surface area contributed by atoms with Crippen LogP contribution in [0.25, 0.3) is 22.7 Å². The van der Waals surface area contributed by atoms with Gasteiger partial charge in [0, 0.05) is 18.3 Å². The van der Waals surface area contributed by atoms with E-state index in [0.717, 1.165) is 22.5 Å². The molecule has 2 N–H and O–H groups in total. The molecule has 0 bridgehead atoms. The van der Waals surface area contributed by atoms with E-state index in [1.54, 1.807) is 18.5 Å². The molecule has 0 atom stereocenters. The lowest BCUT2D eigenvalue weighted by atomic mass is 10.1. The van der Waals surface area contributed by atoms with Crippen molar-refractivity contribution in [2.24, 2.45) is 0 Å². The van der Waals surface area contributed by atoms with Gasteiger partial charge in [-0.2, -0.15) is 5.10 Å². The van der Waals surface area contributed by atoms with Crippen molar-refractivity contribution < 1.29 is 9.21 Å². The van der Waals surface area contributed by atoms with E-state index in [9.17, 15) is 4.79 Å². The molecule has 0 unspecified atom stereocenters. The Balaban J connectivity index is 1.39. The minimum Gasteiger partial charge on any atom is -0.463 e. The number of hydrogen-bond acceptors (Lipinski definition) is 4. The fourth-order valence-electron chi connectivity index (χ4n) is 2.57. The summed E-state index contributed by atoms with van der Waals surface area (Å²) in [5, 5.41) is 9.83. The number of nitrogens with zero attached hydrogens (tertiary/aromatic N) is 2. The van der Waals surface area contributed by atoms with E-state index < -0.39 is 0 Å². The largest absolute Gasteiger partial charge is 0.463 e. The van der Waals surface area contributed by atoms with Crippen molar-refractivity contribution in [1.82, 2.24) is 20.5 Å². The second kappa shape index (κ2) is 7.06. The van der Waals surface area contributed by atoms with Crippen molar-refractivity contribution in [2.75, 3.05) is 0 Å². The number of aromatic amines is 1. The second-order valence-corrected chi connectivity index (χ2v) is 5.74. The Bertz CT molecular complexity index is 990. The molecule has 1 aromatic carbocycles. The summed E-state index contributed by atoms with van der Waals surface area (Å²) in [4.78, 5) is 16.6. The average Bonchev–Trinajstić information content (AvgIpc) is 3.39. The molecule has 1 amide bonds. The van der Waals surface area contributed by atoms with Crippen molar-refractivity contribution >= 4 is 5.91 Å². The fourth-order valence-corrected chi connectivity index (χ4v) is 2.57. The maximum atomic E-state index is 12.3. The Morgan fingerprint density at radius 3 is 2.65 bits per heavy atom. The maximum absolute atomic E-state index is 12.3. The molecule has 0 spiro atoms. The number of pyridine rings is 1. The monoisotopic (exact) mass is 344 g/mol. The molecule has 0 saturated carbocycles. The summed E-state index contributed by atoms with van der Waals surface area (Å²) in [6.45, 7) is 0.379. The van der Waals surface area contributed by atoms with Gasteiger partial charge in [-0.15, -0.1) is 0 Å². The van der Waals surface area contributed by atoms with Crippen molar-refractivity contribution in [3.05, 3.63) is 84.4 Å². The van der Waals surface area contributed by atoms with Crippen LogP contribution in [0.5, 0.6) is 0 Å². The molecule has 128 valence electrons. The number of rotatable bonds is 5. The third-order valence-corrected chi connectivity index (χ3v) is 3.94. The summed E-state index contributed by atoms with van der Waals surface area (Å²) >= 11 is 0. The quantitative estimate of drug-likeness (QED) is 0.579. The van der Waals surface area contributed by atoms with Gasteiger partial charge in [-0.25, -0.2) is 0 Å². The van der Waals surface area contributed by atoms with Gasteiger partial charge in [0.1, 0.15) is 11.4 Å². The zero-order valence-corrected chi connectivity index (χ0v) is 13.8. The first-order valence-electron chi connectivity index (χ1n) is 8.17. The van der Waals surface area contributed by atoms with E-state index in [1.807, 2.05) is 54.6 Å². The van der Waals surface area contributed by atoms with Crippen LogP contribution in [0.4, 0.5) is 0 Å². The van der Waals surface area contributed by atoms with Gasteiger partial charge in [-0.3, -0.25) is 14.9 Å². The van der Waals surface area contributed by atoms with Crippen molar-refractivity contribution in [2.45, 2.75) is 6.54 Å². The summed E-state index contributed by atoms with van der Waals surface area (Å²) < 4.78 is 5.31. The topological polar surface area (TPSA) is 83.8 Å². The van der Waals surface area contributed by atoms with E-state index in [1.165, 1.54) is 0 Å². The second-order valence-electron chi connectivity index (χ2n) is 5.74. The molecule has 3 heterocycles. The zero-order valence-electron chi connectivity index (χ0n) is 13.8. The number of hydrogen-bond donors (Lipinski definition) is 2. The fraction of sp³-hybridized carbons (Fsp3) is 0.0500. The highest BCUT2D eigenvalue weighted by atomic mass is 16.3. The predicted molar refractivity (Wildman–Crippen MR) is 97.1 cm³/mol. The van der Waals surface area contributed by atoms with Gasteiger partial charge in [0.2, 0.25) is 0 Å². The molecule has 0 aliphatic heterocycles. The highest BCUT2D eigenvalue weighted by Gasteiger charge is 2.11. The lowest BCUT2D eigenvalue weighted by molar-refractivity contribution is 0.0946. The van der Waals surface area contributed by atoms with Gasteiger partial charge in [0.15, 0.2) is 5.76 Å². The van der Waals surface area contributed by atoms with Crippen LogP contribution in [0.1, 0.15) is 16.1 Å². The molecule has 4 rings (SSSR count). The third kappa shape index (κ3) is 3.39. The standard InChI is InChI=1S/C20H16N4O2/c25-20(18-11-17(23-24-18)15-5-2-1-3-6-15)22-13-14-8-9-16(21-12-14)19-7-4-10-26-19/h1-12H,13H2,(H,22,25)(H,23,24). The number of furan rings is 1. The van der Waals surface area contributed by atoms with Crippen LogP contribution in [0.3, 0.4) is 0 Å². The van der Waals surface area contributed by atoms with Gasteiger partial charge in [-0.1, -0.05) is 36.4 Å². The Morgan fingerprint density at radius 1 is 1.04 bits per heavy atom. The first kappa shape index (κ1) is 15.8. The lowest BCUT2D eigenvalue weighted by Crippen LogP contribution is -2.23. The maximum Gasteiger partial charge on any atom is 0.269 e. The molecule has 6 heteroatoms. The minimum atomic E-state index is -0.213. The van der Waals surface area contributed by atoms with Crippen LogP contribution in [-0.4, -0.2) is 21.1 Å². The summed E-state index contributed by atoms with van der Waals surface area (Å²) in [6.07, 6.45) is 3.33. The van der Waals surface area contributed by atoms with Crippen LogP contribution in [0.15, 0.2) is 77.5 Å². The first-order valence-corrected chi connectivity index (χ1v) is 8.17. The predicted octanol–water partition coefficient (Wildman–Crippen LogP) is 3.66. The van der Waals surface area contributed by atoms with E-state index in [2.05, 4.69) is 20.5 Å². The number of H-pyrrole nitrogens is 1. The summed E-state index contributed by atoms with van der Waals surface area (Å²) in [5.74, 6) is 0.501. The van der Waals surface area contributed by atoms with E-state index in [0.29, 0.717) is 18.0 Å². The number of aromatic nitrogens is 3. The number of amides is 1. The lowest BCUT2D eigenvalue weighted by Gasteiger charge is -2.04. The SMILES string of the molecule is O=C(NCc1ccc(-c2ccco2)nc1)c1cc(-c2ccccc2)n[nH]1. The molecule has 3 aromatic heterocycles. The Kier molecular flexibility index (Phi) is 4.30. The summed E-state index contributed by atoms with van der Waals surface area (Å²) in [7, 11) is 0. The first-order chi connectivity index (χ1) is 12.8.